The minimum Gasteiger partial charge on any atom is -1.00 e. The number of halogens is 3. The van der Waals surface area contributed by atoms with Crippen molar-refractivity contribution in [3.8, 4) is 0 Å². The topological polar surface area (TPSA) is 80.9 Å². The van der Waals surface area contributed by atoms with Gasteiger partial charge in [-0.3, -0.25) is 0 Å². The van der Waals surface area contributed by atoms with Crippen LogP contribution in [0.2, 0.25) is 0 Å². The molecule has 9 heavy (non-hydrogen) atoms. The van der Waals surface area contributed by atoms with Crippen molar-refractivity contribution in [2.75, 3.05) is 0 Å². The van der Waals surface area contributed by atoms with E-state index in [1.165, 1.54) is 0 Å². The standard InChI is InChI=1S/Al.3FH.H4O4Si/c;;;;1-5(2,3)4/h;3*1H;1-4H/q+3;;;;/p-3. The van der Waals surface area contributed by atoms with Crippen LogP contribution in [0.1, 0.15) is 0 Å². The molecule has 0 rings (SSSR count). The summed E-state index contributed by atoms with van der Waals surface area (Å²) in [5.41, 5.74) is 0. The third kappa shape index (κ3) is 2370. The smallest absolute Gasteiger partial charge is 1.00 e. The Kier molecular flexibility index (Phi) is 42.8. The minimum absolute atomic E-state index is 0. The van der Waals surface area contributed by atoms with Crippen molar-refractivity contribution in [3.05, 3.63) is 0 Å². The van der Waals surface area contributed by atoms with Crippen LogP contribution in [0.5, 0.6) is 0 Å². The van der Waals surface area contributed by atoms with E-state index in [9.17, 15) is 0 Å². The number of hydrogen-bond donors (Lipinski definition) is 4. The maximum Gasteiger partial charge on any atom is 3.00 e. The van der Waals surface area contributed by atoms with E-state index in [1.807, 2.05) is 0 Å². The van der Waals surface area contributed by atoms with Gasteiger partial charge in [-0.25, -0.2) is 0 Å². The second kappa shape index (κ2) is 11.2. The van der Waals surface area contributed by atoms with Gasteiger partial charge in [-0.2, -0.15) is 0 Å². The van der Waals surface area contributed by atoms with E-state index in [2.05, 4.69) is 0 Å². The Morgan fingerprint density at radius 2 is 0.667 bits per heavy atom. The first-order chi connectivity index (χ1) is 2.00. The minimum atomic E-state index is -4.61. The second-order valence-electron chi connectivity index (χ2n) is 0.600. The van der Waals surface area contributed by atoms with Gasteiger partial charge in [0.1, 0.15) is 0 Å². The van der Waals surface area contributed by atoms with Crippen molar-refractivity contribution < 1.29 is 33.3 Å². The van der Waals surface area contributed by atoms with E-state index in [0.29, 0.717) is 0 Å². The Labute approximate surface area is 60.5 Å². The van der Waals surface area contributed by atoms with E-state index in [-0.39, 0.29) is 31.5 Å². The summed E-state index contributed by atoms with van der Waals surface area (Å²) in [5, 5.41) is 0. The first kappa shape index (κ1) is 34.3. The monoisotopic (exact) mass is 180 g/mol. The molecule has 0 aliphatic carbocycles. The molecule has 0 radical (unpaired) electrons. The third-order valence-corrected chi connectivity index (χ3v) is 0. The maximum absolute atomic E-state index is 7.33. The van der Waals surface area contributed by atoms with Crippen LogP contribution in [-0.4, -0.2) is 45.6 Å². The summed E-state index contributed by atoms with van der Waals surface area (Å²) < 4.78 is 0. The van der Waals surface area contributed by atoms with E-state index < -0.39 is 9.05 Å². The van der Waals surface area contributed by atoms with Crippen LogP contribution in [-0.2, 0) is 0 Å². The summed E-state index contributed by atoms with van der Waals surface area (Å²) in [4.78, 5) is 29.3. The van der Waals surface area contributed by atoms with Gasteiger partial charge < -0.3 is 33.3 Å². The van der Waals surface area contributed by atoms with Crippen LogP contribution in [0.15, 0.2) is 0 Å². The molecule has 0 unspecified atom stereocenters. The number of hydrogen-bond acceptors (Lipinski definition) is 4. The van der Waals surface area contributed by atoms with Gasteiger partial charge in [-0.1, -0.05) is 0 Å². The summed E-state index contributed by atoms with van der Waals surface area (Å²) >= 11 is 0. The molecule has 0 aliphatic heterocycles. The fourth-order valence-electron chi connectivity index (χ4n) is 0. The summed E-state index contributed by atoms with van der Waals surface area (Å²) in [6.45, 7) is 0. The van der Waals surface area contributed by atoms with E-state index in [1.54, 1.807) is 0 Å². The van der Waals surface area contributed by atoms with Crippen molar-refractivity contribution in [2.45, 2.75) is 0 Å². The van der Waals surface area contributed by atoms with Gasteiger partial charge in [0.15, 0.2) is 0 Å². The molecule has 9 heteroatoms. The van der Waals surface area contributed by atoms with Crippen LogP contribution in [0.3, 0.4) is 0 Å². The van der Waals surface area contributed by atoms with Crippen molar-refractivity contribution in [2.24, 2.45) is 0 Å². The summed E-state index contributed by atoms with van der Waals surface area (Å²) in [7, 11) is -4.61. The van der Waals surface area contributed by atoms with Gasteiger partial charge >= 0.3 is 26.4 Å². The van der Waals surface area contributed by atoms with Crippen LogP contribution in [0.25, 0.3) is 0 Å². The SMILES string of the molecule is O[Si](O)(O)O.[Al+3].[F-].[F-].[F-]. The molecule has 0 saturated heterocycles. The van der Waals surface area contributed by atoms with Gasteiger partial charge in [0.2, 0.25) is 0 Å². The molecule has 0 amide bonds. The molecule has 0 atom stereocenters. The van der Waals surface area contributed by atoms with Crippen molar-refractivity contribution >= 4 is 26.4 Å². The Morgan fingerprint density at radius 3 is 0.667 bits per heavy atom. The molecule has 0 aliphatic rings. The molecular formula is H4AlF3O4Si. The van der Waals surface area contributed by atoms with E-state index in [4.69, 9.17) is 19.2 Å². The van der Waals surface area contributed by atoms with Gasteiger partial charge in [0, 0.05) is 0 Å². The molecule has 4 N–H and O–H groups in total. The van der Waals surface area contributed by atoms with Gasteiger partial charge in [0.05, 0.1) is 0 Å². The molecule has 0 fully saturated rings. The predicted molar refractivity (Wildman–Crippen MR) is 20.4 cm³/mol. The number of rotatable bonds is 0. The summed E-state index contributed by atoms with van der Waals surface area (Å²) in [6.07, 6.45) is 0. The Morgan fingerprint density at radius 1 is 0.667 bits per heavy atom. The molecule has 0 aromatic rings. The summed E-state index contributed by atoms with van der Waals surface area (Å²) in [6, 6.07) is 0. The van der Waals surface area contributed by atoms with Gasteiger partial charge in [-0.15, -0.1) is 0 Å². The van der Waals surface area contributed by atoms with Crippen LogP contribution < -0.4 is 14.1 Å². The average molecular weight is 180 g/mol. The average Bonchev–Trinajstić information content (AvgIpc) is 0.722. The van der Waals surface area contributed by atoms with Gasteiger partial charge in [0.25, 0.3) is 0 Å². The fraction of sp³-hybridized carbons (Fsp3) is 0. The second-order valence-corrected chi connectivity index (χ2v) is 1.80. The zero-order valence-corrected chi connectivity index (χ0v) is 6.15. The molecule has 0 aromatic heterocycles. The van der Waals surface area contributed by atoms with E-state index in [0.717, 1.165) is 0 Å². The zero-order valence-electron chi connectivity index (χ0n) is 4.00. The summed E-state index contributed by atoms with van der Waals surface area (Å²) in [5.74, 6) is 0. The Balaban J connectivity index is -0.0000000133. The van der Waals surface area contributed by atoms with E-state index >= 15 is 0 Å². The van der Waals surface area contributed by atoms with Crippen LogP contribution in [0, 0.1) is 0 Å². The normalized spacial score (nSPS) is 6.67. The molecule has 0 heterocycles. The van der Waals surface area contributed by atoms with Crippen molar-refractivity contribution in [1.29, 1.82) is 0 Å². The Bertz CT molecular complexity index is 31.3. The zero-order chi connectivity index (χ0) is 4.50. The molecule has 0 spiro atoms. The molecule has 0 saturated carbocycles. The first-order valence-electron chi connectivity index (χ1n) is 0.894. The van der Waals surface area contributed by atoms with Crippen molar-refractivity contribution in [3.63, 3.8) is 0 Å². The predicted octanol–water partition coefficient (Wildman–Crippen LogP) is -12.0. The molecule has 0 aromatic carbocycles. The molecule has 56 valence electrons. The van der Waals surface area contributed by atoms with Gasteiger partial charge in [-0.05, 0) is 0 Å². The quantitative estimate of drug-likeness (QED) is 0.279. The molecule has 0 bridgehead atoms. The van der Waals surface area contributed by atoms with Crippen LogP contribution >= 0.6 is 0 Å². The largest absolute Gasteiger partial charge is 3.00 e. The van der Waals surface area contributed by atoms with Crippen LogP contribution in [0.4, 0.5) is 0 Å². The third-order valence-electron chi connectivity index (χ3n) is 0. The molecule has 4 nitrogen and oxygen atoms in total. The first-order valence-corrected chi connectivity index (χ1v) is 2.68. The van der Waals surface area contributed by atoms with Crippen molar-refractivity contribution in [1.82, 2.24) is 0 Å². The fourth-order valence-corrected chi connectivity index (χ4v) is 0. The maximum atomic E-state index is 7.33. The Hall–Kier alpha value is 0.379. The molecular weight excluding hydrogens is 176 g/mol.